The molecule has 3 aliphatic rings. The molecule has 2 atom stereocenters. The van der Waals surface area contributed by atoms with Crippen molar-refractivity contribution in [1.82, 2.24) is 19.4 Å². The first-order valence-electron chi connectivity index (χ1n) is 14.2. The molecule has 0 saturated carbocycles. The van der Waals surface area contributed by atoms with E-state index in [0.717, 1.165) is 29.6 Å². The highest BCUT2D eigenvalue weighted by molar-refractivity contribution is 5.86. The molecule has 0 aliphatic carbocycles. The van der Waals surface area contributed by atoms with Crippen LogP contribution in [0.2, 0.25) is 0 Å². The molecule has 1 aromatic carbocycles. The third-order valence-corrected chi connectivity index (χ3v) is 8.60. The van der Waals surface area contributed by atoms with E-state index in [-0.39, 0.29) is 17.5 Å². The summed E-state index contributed by atoms with van der Waals surface area (Å²) < 4.78 is 13.2. The molecule has 0 spiro atoms. The van der Waals surface area contributed by atoms with E-state index in [2.05, 4.69) is 16.0 Å². The van der Waals surface area contributed by atoms with Crippen molar-refractivity contribution in [1.29, 1.82) is 5.26 Å². The topological polar surface area (TPSA) is 121 Å². The van der Waals surface area contributed by atoms with Crippen molar-refractivity contribution in [2.75, 3.05) is 32.8 Å². The Morgan fingerprint density at radius 3 is 2.56 bits per heavy atom. The molecule has 1 N–H and O–H groups in total. The zero-order chi connectivity index (χ0) is 28.9. The second kappa shape index (κ2) is 10.4. The van der Waals surface area contributed by atoms with Crippen LogP contribution in [0, 0.1) is 16.7 Å². The van der Waals surface area contributed by atoms with Crippen molar-refractivity contribution in [3.05, 3.63) is 63.7 Å². The zero-order valence-corrected chi connectivity index (χ0v) is 23.7. The molecule has 0 radical (unpaired) electrons. The first-order chi connectivity index (χ1) is 19.7. The molecule has 6 rings (SSSR count). The largest absolute Gasteiger partial charge is 0.486 e. The number of nitrogens with zero attached hydrogens (tertiary/aromatic N) is 5. The number of aromatic nitrogens is 2. The maximum absolute atomic E-state index is 12.8. The molecular formula is C31H35N5O5. The molecule has 3 aromatic rings. The number of hydrogen-bond donors (Lipinski definition) is 1. The van der Waals surface area contributed by atoms with E-state index >= 15 is 0 Å². The second-order valence-electron chi connectivity index (χ2n) is 12.3. The molecule has 214 valence electrons. The fraction of sp³-hybridized carbons (Fsp3) is 0.484. The predicted octanol–water partition coefficient (Wildman–Crippen LogP) is 4.37. The molecule has 10 heteroatoms. The lowest BCUT2D eigenvalue weighted by Crippen LogP contribution is -2.51. The lowest BCUT2D eigenvalue weighted by Gasteiger charge is -2.45. The van der Waals surface area contributed by atoms with Gasteiger partial charge in [0.2, 0.25) is 0 Å². The minimum atomic E-state index is -0.962. The summed E-state index contributed by atoms with van der Waals surface area (Å²) in [5, 5.41) is 21.3. The van der Waals surface area contributed by atoms with Crippen LogP contribution in [0.15, 0.2) is 41.3 Å². The molecule has 1 saturated heterocycles. The van der Waals surface area contributed by atoms with Gasteiger partial charge >= 0.3 is 6.09 Å². The van der Waals surface area contributed by atoms with E-state index in [4.69, 9.17) is 9.47 Å². The molecule has 2 aromatic heterocycles. The van der Waals surface area contributed by atoms with Gasteiger partial charge in [0, 0.05) is 55.8 Å². The van der Waals surface area contributed by atoms with Crippen LogP contribution in [0.1, 0.15) is 62.4 Å². The van der Waals surface area contributed by atoms with Crippen molar-refractivity contribution < 1.29 is 19.4 Å². The average Bonchev–Trinajstić information content (AvgIpc) is 3.34. The van der Waals surface area contributed by atoms with Gasteiger partial charge in [-0.2, -0.15) is 5.26 Å². The number of likely N-dealkylation sites (tertiary alicyclic amines) is 1. The minimum absolute atomic E-state index is 0.0276. The van der Waals surface area contributed by atoms with Crippen LogP contribution in [0.25, 0.3) is 10.9 Å². The zero-order valence-electron chi connectivity index (χ0n) is 23.7. The van der Waals surface area contributed by atoms with E-state index in [1.807, 2.05) is 45.0 Å². The van der Waals surface area contributed by atoms with Gasteiger partial charge in [-0.05, 0) is 35.8 Å². The Labute approximate surface area is 238 Å². The molecule has 1 amide bonds. The number of hydrogen-bond acceptors (Lipinski definition) is 7. The predicted molar refractivity (Wildman–Crippen MR) is 152 cm³/mol. The highest BCUT2D eigenvalue weighted by Gasteiger charge is 2.42. The fourth-order valence-corrected chi connectivity index (χ4v) is 6.86. The Balaban J connectivity index is 1.21. The van der Waals surface area contributed by atoms with Gasteiger partial charge in [-0.1, -0.05) is 26.8 Å². The molecule has 3 aliphatic heterocycles. The van der Waals surface area contributed by atoms with Crippen LogP contribution in [-0.2, 0) is 6.54 Å². The van der Waals surface area contributed by atoms with Crippen LogP contribution in [0.4, 0.5) is 4.79 Å². The normalized spacial score (nSPS) is 19.6. The van der Waals surface area contributed by atoms with Crippen LogP contribution >= 0.6 is 0 Å². The van der Waals surface area contributed by atoms with E-state index in [1.54, 1.807) is 21.7 Å². The standard InChI is InChI=1S/C31H35N5O5/c1-31(2,3)29(23-14-24-25(16-33-23)41-13-12-40-24)36(30(38)39)22-8-10-34(11-9-22)17-21-18-35-26(37)7-6-19-4-5-20(15-32)27(21)28(19)35/h4-7,14,16,21-22,29H,8-13,17-18H2,1-3H3,(H,38,39). The summed E-state index contributed by atoms with van der Waals surface area (Å²) >= 11 is 0. The van der Waals surface area contributed by atoms with E-state index < -0.39 is 17.6 Å². The lowest BCUT2D eigenvalue weighted by molar-refractivity contribution is 0.0269. The van der Waals surface area contributed by atoms with Crippen LogP contribution in [0.5, 0.6) is 11.5 Å². The van der Waals surface area contributed by atoms with Gasteiger partial charge in [0.1, 0.15) is 13.2 Å². The Hall–Kier alpha value is -4.10. The van der Waals surface area contributed by atoms with Gasteiger partial charge in [-0.15, -0.1) is 0 Å². The number of ether oxygens (including phenoxy) is 2. The summed E-state index contributed by atoms with van der Waals surface area (Å²) in [6.45, 7) is 9.72. The van der Waals surface area contributed by atoms with Crippen molar-refractivity contribution in [2.45, 2.75) is 58.2 Å². The third kappa shape index (κ3) is 4.88. The Morgan fingerprint density at radius 2 is 1.88 bits per heavy atom. The summed E-state index contributed by atoms with van der Waals surface area (Å²) in [7, 11) is 0. The maximum atomic E-state index is 12.8. The number of carboxylic acid groups (broad SMARTS) is 1. The number of amides is 1. The highest BCUT2D eigenvalue weighted by atomic mass is 16.6. The number of pyridine rings is 2. The molecular weight excluding hydrogens is 522 g/mol. The first kappa shape index (κ1) is 27.1. The minimum Gasteiger partial charge on any atom is -0.486 e. The van der Waals surface area contributed by atoms with E-state index in [1.165, 1.54) is 0 Å². The summed E-state index contributed by atoms with van der Waals surface area (Å²) in [6.07, 6.45) is 2.03. The Kier molecular flexibility index (Phi) is 6.86. The van der Waals surface area contributed by atoms with Crippen molar-refractivity contribution >= 4 is 17.0 Å². The Bertz CT molecular complexity index is 1600. The van der Waals surface area contributed by atoms with Gasteiger partial charge in [0.25, 0.3) is 5.56 Å². The molecule has 2 unspecified atom stereocenters. The molecule has 10 nitrogen and oxygen atoms in total. The van der Waals surface area contributed by atoms with Crippen molar-refractivity contribution in [2.24, 2.45) is 5.41 Å². The average molecular weight is 558 g/mol. The monoisotopic (exact) mass is 557 g/mol. The summed E-state index contributed by atoms with van der Waals surface area (Å²) in [4.78, 5) is 34.0. The van der Waals surface area contributed by atoms with Gasteiger partial charge in [0.15, 0.2) is 11.5 Å². The number of piperidine rings is 1. The van der Waals surface area contributed by atoms with Crippen LogP contribution < -0.4 is 15.0 Å². The van der Waals surface area contributed by atoms with Gasteiger partial charge in [-0.3, -0.25) is 14.7 Å². The first-order valence-corrected chi connectivity index (χ1v) is 14.2. The Morgan fingerprint density at radius 1 is 1.17 bits per heavy atom. The van der Waals surface area contributed by atoms with Gasteiger partial charge in [-0.25, -0.2) is 4.79 Å². The molecule has 5 heterocycles. The van der Waals surface area contributed by atoms with Crippen molar-refractivity contribution in [3.8, 4) is 17.6 Å². The molecule has 0 bridgehead atoms. The number of fused-ring (bicyclic) bond motifs is 1. The second-order valence-corrected chi connectivity index (χ2v) is 12.3. The quantitative estimate of drug-likeness (QED) is 0.491. The highest BCUT2D eigenvalue weighted by Crippen LogP contribution is 2.43. The number of carbonyl (C=O) groups is 1. The van der Waals surface area contributed by atoms with E-state index in [9.17, 15) is 20.0 Å². The molecule has 1 fully saturated rings. The van der Waals surface area contributed by atoms with E-state index in [0.29, 0.717) is 61.9 Å². The fourth-order valence-electron chi connectivity index (χ4n) is 6.86. The SMILES string of the molecule is CC(C)(C)C(c1cc2c(cn1)OCCO2)N(C(=O)O)C1CCN(CC2Cn3c(=O)ccc4ccc(C#N)c2c43)CC1. The smallest absolute Gasteiger partial charge is 0.408 e. The summed E-state index contributed by atoms with van der Waals surface area (Å²) in [6, 6.07) is 10.7. The van der Waals surface area contributed by atoms with Crippen molar-refractivity contribution in [3.63, 3.8) is 0 Å². The van der Waals surface area contributed by atoms with Crippen LogP contribution in [-0.4, -0.2) is 69.4 Å². The maximum Gasteiger partial charge on any atom is 0.408 e. The number of nitriles is 1. The summed E-state index contributed by atoms with van der Waals surface area (Å²) in [5.74, 6) is 1.20. The number of rotatable bonds is 5. The third-order valence-electron chi connectivity index (χ3n) is 8.60. The number of benzene rings is 1. The molecule has 41 heavy (non-hydrogen) atoms. The summed E-state index contributed by atoms with van der Waals surface area (Å²) in [5.41, 5.74) is 2.63. The van der Waals surface area contributed by atoms with Gasteiger partial charge in [0.05, 0.1) is 35.1 Å². The van der Waals surface area contributed by atoms with Crippen LogP contribution in [0.3, 0.4) is 0 Å². The van der Waals surface area contributed by atoms with Gasteiger partial charge < -0.3 is 24.0 Å². The lowest BCUT2D eigenvalue weighted by atomic mass is 9.82.